The molecule has 1 saturated heterocycles. The predicted molar refractivity (Wildman–Crippen MR) is 134 cm³/mol. The van der Waals surface area contributed by atoms with Gasteiger partial charge < -0.3 is 15.1 Å². The zero-order chi connectivity index (χ0) is 23.5. The Hall–Kier alpha value is -3.10. The third-order valence-corrected chi connectivity index (χ3v) is 6.86. The van der Waals surface area contributed by atoms with Crippen molar-refractivity contribution in [3.05, 3.63) is 76.0 Å². The fourth-order valence-corrected chi connectivity index (χ4v) is 4.62. The van der Waals surface area contributed by atoms with Gasteiger partial charge in [-0.15, -0.1) is 5.10 Å². The number of hydrogen-bond acceptors (Lipinski definition) is 7. The molecule has 1 aliphatic heterocycles. The molecule has 5 rings (SSSR count). The van der Waals surface area contributed by atoms with E-state index in [-0.39, 0.29) is 5.56 Å². The number of benzene rings is 1. The number of hydrogen-bond donors (Lipinski definition) is 1. The molecule has 2 aliphatic rings. The first-order chi connectivity index (χ1) is 16.6. The van der Waals surface area contributed by atoms with E-state index in [1.807, 2.05) is 12.3 Å². The van der Waals surface area contributed by atoms with Crippen LogP contribution in [-0.4, -0.2) is 70.5 Å². The van der Waals surface area contributed by atoms with Gasteiger partial charge in [0.2, 0.25) is 0 Å². The summed E-state index contributed by atoms with van der Waals surface area (Å²) in [6.07, 6.45) is 6.41. The number of aromatic nitrogens is 4. The maximum atomic E-state index is 13.3. The highest BCUT2D eigenvalue weighted by molar-refractivity contribution is 5.40. The van der Waals surface area contributed by atoms with E-state index >= 15 is 0 Å². The Kier molecular flexibility index (Phi) is 6.69. The Bertz CT molecular complexity index is 1150. The van der Waals surface area contributed by atoms with Gasteiger partial charge in [-0.3, -0.25) is 9.36 Å². The molecular weight excluding hydrogens is 426 g/mol. The van der Waals surface area contributed by atoms with Gasteiger partial charge in [0.05, 0.1) is 5.69 Å². The number of nitrogens with zero attached hydrogens (tertiary/aromatic N) is 6. The first kappa shape index (κ1) is 22.7. The summed E-state index contributed by atoms with van der Waals surface area (Å²) in [5.41, 5.74) is 3.51. The molecule has 0 unspecified atom stereocenters. The SMILES string of the molecule is Cc1ccc([C@@H]2C[C@H]2NCCCc2cn(-c3cccnn3)c(=O)c(N3CCN(C)CC3)n2)cc1. The minimum absolute atomic E-state index is 0.133. The zero-order valence-corrected chi connectivity index (χ0v) is 20.0. The second kappa shape index (κ2) is 10.0. The van der Waals surface area contributed by atoms with E-state index in [0.717, 1.165) is 51.3 Å². The molecule has 3 aromatic rings. The molecule has 2 atom stereocenters. The second-order valence-electron chi connectivity index (χ2n) is 9.52. The van der Waals surface area contributed by atoms with Gasteiger partial charge in [-0.25, -0.2) is 4.98 Å². The Labute approximate surface area is 200 Å². The van der Waals surface area contributed by atoms with E-state index in [1.54, 1.807) is 16.8 Å². The molecule has 1 saturated carbocycles. The number of rotatable bonds is 8. The van der Waals surface area contributed by atoms with E-state index in [0.29, 0.717) is 23.6 Å². The number of aryl methyl sites for hydroxylation is 2. The standard InChI is InChI=1S/C26H33N7O/c1-19-7-9-20(10-8-19)22-17-23(22)27-11-3-5-21-18-33(24-6-4-12-28-30-24)26(34)25(29-21)32-15-13-31(2)14-16-32/h4,6-10,12,18,22-23,27H,3,5,11,13-17H2,1-2H3/t22-,23+/m0/s1. The van der Waals surface area contributed by atoms with Gasteiger partial charge in [0.25, 0.3) is 5.56 Å². The molecule has 1 N–H and O–H groups in total. The molecule has 34 heavy (non-hydrogen) atoms. The van der Waals surface area contributed by atoms with Crippen LogP contribution in [0.25, 0.3) is 5.82 Å². The average molecular weight is 460 g/mol. The third kappa shape index (κ3) is 5.18. The molecule has 2 aromatic heterocycles. The summed E-state index contributed by atoms with van der Waals surface area (Å²) in [5, 5.41) is 11.8. The van der Waals surface area contributed by atoms with Crippen molar-refractivity contribution in [2.45, 2.75) is 38.1 Å². The average Bonchev–Trinajstić information content (AvgIpc) is 3.64. The Morgan fingerprint density at radius 1 is 1.09 bits per heavy atom. The number of piperazine rings is 1. The highest BCUT2D eigenvalue weighted by Crippen LogP contribution is 2.40. The van der Waals surface area contributed by atoms with Crippen molar-refractivity contribution in [2.24, 2.45) is 0 Å². The summed E-state index contributed by atoms with van der Waals surface area (Å²) >= 11 is 0. The van der Waals surface area contributed by atoms with E-state index < -0.39 is 0 Å². The van der Waals surface area contributed by atoms with Crippen LogP contribution in [0.3, 0.4) is 0 Å². The van der Waals surface area contributed by atoms with Crippen molar-refractivity contribution < 1.29 is 0 Å². The maximum Gasteiger partial charge on any atom is 0.299 e. The molecular formula is C26H33N7O. The minimum atomic E-state index is -0.133. The number of nitrogens with one attached hydrogen (secondary N) is 1. The van der Waals surface area contributed by atoms with Crippen molar-refractivity contribution in [3.8, 4) is 5.82 Å². The summed E-state index contributed by atoms with van der Waals surface area (Å²) in [4.78, 5) is 22.5. The van der Waals surface area contributed by atoms with Crippen molar-refractivity contribution in [1.29, 1.82) is 0 Å². The van der Waals surface area contributed by atoms with Gasteiger partial charge in [-0.1, -0.05) is 29.8 Å². The van der Waals surface area contributed by atoms with Crippen LogP contribution in [0, 0.1) is 6.92 Å². The topological polar surface area (TPSA) is 79.2 Å². The van der Waals surface area contributed by atoms with Crippen molar-refractivity contribution >= 4 is 5.82 Å². The van der Waals surface area contributed by atoms with Crippen LogP contribution < -0.4 is 15.8 Å². The van der Waals surface area contributed by atoms with Crippen LogP contribution in [0.4, 0.5) is 5.82 Å². The molecule has 0 bridgehead atoms. The molecule has 1 aliphatic carbocycles. The molecule has 8 nitrogen and oxygen atoms in total. The van der Waals surface area contributed by atoms with E-state index in [9.17, 15) is 4.79 Å². The minimum Gasteiger partial charge on any atom is -0.349 e. The first-order valence-corrected chi connectivity index (χ1v) is 12.2. The highest BCUT2D eigenvalue weighted by atomic mass is 16.1. The van der Waals surface area contributed by atoms with Gasteiger partial charge in [-0.2, -0.15) is 5.10 Å². The van der Waals surface area contributed by atoms with Crippen LogP contribution in [0.2, 0.25) is 0 Å². The molecule has 2 fully saturated rings. The lowest BCUT2D eigenvalue weighted by Gasteiger charge is -2.33. The van der Waals surface area contributed by atoms with Crippen molar-refractivity contribution in [1.82, 2.24) is 30.0 Å². The number of likely N-dealkylation sites (N-methyl/N-ethyl adjacent to an activating group) is 1. The van der Waals surface area contributed by atoms with Crippen molar-refractivity contribution in [3.63, 3.8) is 0 Å². The largest absolute Gasteiger partial charge is 0.349 e. The lowest BCUT2D eigenvalue weighted by atomic mass is 10.1. The number of anilines is 1. The van der Waals surface area contributed by atoms with Gasteiger partial charge >= 0.3 is 0 Å². The third-order valence-electron chi connectivity index (χ3n) is 6.86. The quantitative estimate of drug-likeness (QED) is 0.517. The fraction of sp³-hybridized carbons (Fsp3) is 0.462. The summed E-state index contributed by atoms with van der Waals surface area (Å²) in [6, 6.07) is 13.1. The van der Waals surface area contributed by atoms with Gasteiger partial charge in [0, 0.05) is 50.5 Å². The Morgan fingerprint density at radius 3 is 2.62 bits per heavy atom. The van der Waals surface area contributed by atoms with E-state index in [4.69, 9.17) is 4.98 Å². The van der Waals surface area contributed by atoms with Crippen LogP contribution in [-0.2, 0) is 6.42 Å². The molecule has 0 spiro atoms. The van der Waals surface area contributed by atoms with Crippen LogP contribution in [0.15, 0.2) is 53.6 Å². The van der Waals surface area contributed by atoms with Crippen LogP contribution >= 0.6 is 0 Å². The van der Waals surface area contributed by atoms with Crippen LogP contribution in [0.1, 0.15) is 35.6 Å². The summed E-state index contributed by atoms with van der Waals surface area (Å²) in [5.74, 6) is 1.68. The molecule has 1 aromatic carbocycles. The molecule has 3 heterocycles. The second-order valence-corrected chi connectivity index (χ2v) is 9.52. The van der Waals surface area contributed by atoms with E-state index in [1.165, 1.54) is 17.5 Å². The smallest absolute Gasteiger partial charge is 0.299 e. The zero-order valence-electron chi connectivity index (χ0n) is 20.0. The van der Waals surface area contributed by atoms with Gasteiger partial charge in [0.1, 0.15) is 0 Å². The molecule has 178 valence electrons. The molecule has 8 heteroatoms. The Morgan fingerprint density at radius 2 is 1.88 bits per heavy atom. The molecule has 0 amide bonds. The highest BCUT2D eigenvalue weighted by Gasteiger charge is 2.37. The normalized spacial score (nSPS) is 20.5. The van der Waals surface area contributed by atoms with Gasteiger partial charge in [-0.05, 0) is 57.5 Å². The fourth-order valence-electron chi connectivity index (χ4n) is 4.62. The van der Waals surface area contributed by atoms with Gasteiger partial charge in [0.15, 0.2) is 11.6 Å². The maximum absolute atomic E-state index is 13.3. The van der Waals surface area contributed by atoms with Crippen LogP contribution in [0.5, 0.6) is 0 Å². The monoisotopic (exact) mass is 459 g/mol. The predicted octanol–water partition coefficient (Wildman–Crippen LogP) is 2.16. The lowest BCUT2D eigenvalue weighted by molar-refractivity contribution is 0.311. The summed E-state index contributed by atoms with van der Waals surface area (Å²) in [7, 11) is 2.11. The lowest BCUT2D eigenvalue weighted by Crippen LogP contribution is -2.47. The first-order valence-electron chi connectivity index (χ1n) is 12.2. The summed E-state index contributed by atoms with van der Waals surface area (Å²) < 4.78 is 1.60. The van der Waals surface area contributed by atoms with Crippen molar-refractivity contribution in [2.75, 3.05) is 44.7 Å². The summed E-state index contributed by atoms with van der Waals surface area (Å²) in [6.45, 7) is 6.50. The molecule has 0 radical (unpaired) electrons. The Balaban J connectivity index is 1.25. The van der Waals surface area contributed by atoms with E-state index in [2.05, 4.69) is 63.6 Å².